The van der Waals surface area contributed by atoms with E-state index in [2.05, 4.69) is 4.98 Å². The van der Waals surface area contributed by atoms with Crippen LogP contribution in [0, 0.1) is 0 Å². The third-order valence-electron chi connectivity index (χ3n) is 5.07. The summed E-state index contributed by atoms with van der Waals surface area (Å²) in [6.07, 6.45) is 0.504. The highest BCUT2D eigenvalue weighted by atomic mass is 16.5. The van der Waals surface area contributed by atoms with Crippen molar-refractivity contribution in [3.63, 3.8) is 0 Å². The molecule has 0 aliphatic carbocycles. The summed E-state index contributed by atoms with van der Waals surface area (Å²) in [7, 11) is 0. The molecule has 2 heterocycles. The summed E-state index contributed by atoms with van der Waals surface area (Å²) in [4.78, 5) is 54.3. The number of para-hydroxylation sites is 1. The highest BCUT2D eigenvalue weighted by Gasteiger charge is 2.41. The second-order valence-electron chi connectivity index (χ2n) is 6.89. The molecule has 29 heavy (non-hydrogen) atoms. The zero-order valence-electron chi connectivity index (χ0n) is 15.8. The van der Waals surface area contributed by atoms with Gasteiger partial charge in [0.1, 0.15) is 6.04 Å². The molecule has 0 saturated heterocycles. The SMILES string of the molecule is C[C@H](OC(=O)[C@H](C)N1C(=O)c2ccccc2C1=O)C(=O)c1c[nH]c2ccccc12. The van der Waals surface area contributed by atoms with Gasteiger partial charge >= 0.3 is 5.97 Å². The van der Waals surface area contributed by atoms with Gasteiger partial charge in [-0.2, -0.15) is 0 Å². The molecular weight excluding hydrogens is 372 g/mol. The van der Waals surface area contributed by atoms with Crippen LogP contribution in [0.4, 0.5) is 0 Å². The number of benzene rings is 2. The van der Waals surface area contributed by atoms with E-state index < -0.39 is 29.9 Å². The highest BCUT2D eigenvalue weighted by Crippen LogP contribution is 2.25. The average molecular weight is 390 g/mol. The molecule has 2 atom stereocenters. The van der Waals surface area contributed by atoms with E-state index >= 15 is 0 Å². The lowest BCUT2D eigenvalue weighted by Crippen LogP contribution is -2.45. The molecule has 1 aliphatic heterocycles. The van der Waals surface area contributed by atoms with E-state index in [4.69, 9.17) is 4.74 Å². The van der Waals surface area contributed by atoms with Crippen LogP contribution in [0.15, 0.2) is 54.7 Å². The monoisotopic (exact) mass is 390 g/mol. The van der Waals surface area contributed by atoms with E-state index in [0.717, 1.165) is 15.8 Å². The molecule has 0 bridgehead atoms. The van der Waals surface area contributed by atoms with Gasteiger partial charge < -0.3 is 9.72 Å². The van der Waals surface area contributed by atoms with Gasteiger partial charge in [-0.1, -0.05) is 30.3 Å². The van der Waals surface area contributed by atoms with Gasteiger partial charge in [0, 0.05) is 22.7 Å². The van der Waals surface area contributed by atoms with Crippen molar-refractivity contribution in [3.8, 4) is 0 Å². The molecule has 1 aliphatic rings. The first-order valence-electron chi connectivity index (χ1n) is 9.18. The number of imide groups is 1. The van der Waals surface area contributed by atoms with E-state index in [1.807, 2.05) is 18.2 Å². The number of aromatic amines is 1. The van der Waals surface area contributed by atoms with Gasteiger partial charge in [0.2, 0.25) is 5.78 Å². The fraction of sp³-hybridized carbons (Fsp3) is 0.182. The highest BCUT2D eigenvalue weighted by molar-refractivity contribution is 6.22. The quantitative estimate of drug-likeness (QED) is 0.410. The smallest absolute Gasteiger partial charge is 0.329 e. The lowest BCUT2D eigenvalue weighted by atomic mass is 10.1. The fourth-order valence-electron chi connectivity index (χ4n) is 3.49. The Morgan fingerprint density at radius 3 is 2.17 bits per heavy atom. The van der Waals surface area contributed by atoms with Crippen molar-refractivity contribution in [3.05, 3.63) is 71.4 Å². The number of hydrogen-bond donors (Lipinski definition) is 1. The molecule has 3 aromatic rings. The lowest BCUT2D eigenvalue weighted by molar-refractivity contribution is -0.150. The Labute approximate surface area is 166 Å². The van der Waals surface area contributed by atoms with Crippen molar-refractivity contribution in [1.82, 2.24) is 9.88 Å². The molecule has 7 heteroatoms. The fourth-order valence-corrected chi connectivity index (χ4v) is 3.49. The van der Waals surface area contributed by atoms with E-state index in [9.17, 15) is 19.2 Å². The summed E-state index contributed by atoms with van der Waals surface area (Å²) in [5.41, 5.74) is 1.71. The van der Waals surface area contributed by atoms with Crippen molar-refractivity contribution >= 4 is 34.5 Å². The van der Waals surface area contributed by atoms with Crippen molar-refractivity contribution < 1.29 is 23.9 Å². The lowest BCUT2D eigenvalue weighted by Gasteiger charge is -2.22. The largest absolute Gasteiger partial charge is 0.453 e. The van der Waals surface area contributed by atoms with Crippen molar-refractivity contribution in [2.24, 2.45) is 0 Å². The number of ether oxygens (including phenoxy) is 1. The van der Waals surface area contributed by atoms with Crippen LogP contribution >= 0.6 is 0 Å². The number of rotatable bonds is 5. The van der Waals surface area contributed by atoms with Gasteiger partial charge in [-0.25, -0.2) is 4.79 Å². The standard InChI is InChI=1S/C22H18N2O5/c1-12(24-20(26)15-8-3-4-9-16(15)21(24)27)22(28)29-13(2)19(25)17-11-23-18-10-6-5-7-14(17)18/h3-13,23H,1-2H3/t12-,13-/m0/s1. The zero-order valence-corrected chi connectivity index (χ0v) is 15.8. The molecule has 0 saturated carbocycles. The van der Waals surface area contributed by atoms with Gasteiger partial charge in [-0.15, -0.1) is 0 Å². The number of hydrogen-bond acceptors (Lipinski definition) is 5. The van der Waals surface area contributed by atoms with Gasteiger partial charge in [0.15, 0.2) is 6.10 Å². The third kappa shape index (κ3) is 3.00. The number of nitrogens with zero attached hydrogens (tertiary/aromatic N) is 1. The van der Waals surface area contributed by atoms with Crippen molar-refractivity contribution in [1.29, 1.82) is 0 Å². The molecule has 2 aromatic carbocycles. The Kier molecular flexibility index (Phi) is 4.50. The molecule has 2 amide bonds. The number of Topliss-reactive ketones (excluding diaryl/α,β-unsaturated/α-hetero) is 1. The number of amides is 2. The van der Waals surface area contributed by atoms with E-state index in [0.29, 0.717) is 5.56 Å². The number of ketones is 1. The van der Waals surface area contributed by atoms with Gasteiger partial charge in [0.25, 0.3) is 11.8 Å². The van der Waals surface area contributed by atoms with Crippen LogP contribution in [0.2, 0.25) is 0 Å². The number of nitrogens with one attached hydrogen (secondary N) is 1. The zero-order chi connectivity index (χ0) is 20.7. The number of fused-ring (bicyclic) bond motifs is 2. The minimum Gasteiger partial charge on any atom is -0.453 e. The minimum absolute atomic E-state index is 0.250. The molecular formula is C22H18N2O5. The van der Waals surface area contributed by atoms with Gasteiger partial charge in [-0.05, 0) is 32.0 Å². The van der Waals surface area contributed by atoms with Crippen molar-refractivity contribution in [2.45, 2.75) is 26.0 Å². The molecule has 0 unspecified atom stereocenters. The summed E-state index contributed by atoms with van der Waals surface area (Å²) < 4.78 is 5.31. The predicted molar refractivity (Wildman–Crippen MR) is 105 cm³/mol. The molecule has 4 rings (SSSR count). The minimum atomic E-state index is -1.15. The van der Waals surface area contributed by atoms with E-state index in [-0.39, 0.29) is 16.9 Å². The Morgan fingerprint density at radius 2 is 1.52 bits per heavy atom. The number of H-pyrrole nitrogens is 1. The van der Waals surface area contributed by atoms with Gasteiger partial charge in [-0.3, -0.25) is 19.3 Å². The molecule has 0 radical (unpaired) electrons. The van der Waals surface area contributed by atoms with E-state index in [1.54, 1.807) is 24.4 Å². The molecule has 1 aromatic heterocycles. The van der Waals surface area contributed by atoms with E-state index in [1.165, 1.54) is 26.0 Å². The summed E-state index contributed by atoms with van der Waals surface area (Å²) in [5.74, 6) is -2.29. The first kappa shape index (κ1) is 18.6. The average Bonchev–Trinajstić information content (AvgIpc) is 3.26. The Morgan fingerprint density at radius 1 is 0.931 bits per heavy atom. The maximum atomic E-state index is 12.8. The number of carbonyl (C=O) groups is 4. The number of esters is 1. The Hall–Kier alpha value is -3.74. The molecule has 7 nitrogen and oxygen atoms in total. The maximum absolute atomic E-state index is 12.8. The first-order chi connectivity index (χ1) is 13.9. The van der Waals surface area contributed by atoms with Crippen LogP contribution in [0.25, 0.3) is 10.9 Å². The first-order valence-corrected chi connectivity index (χ1v) is 9.18. The second-order valence-corrected chi connectivity index (χ2v) is 6.89. The maximum Gasteiger partial charge on any atom is 0.329 e. The van der Waals surface area contributed by atoms with Crippen LogP contribution in [-0.4, -0.2) is 45.6 Å². The Balaban J connectivity index is 1.50. The summed E-state index contributed by atoms with van der Waals surface area (Å²) in [5, 5.41) is 0.730. The molecule has 0 spiro atoms. The van der Waals surface area contributed by atoms with Crippen LogP contribution in [0.3, 0.4) is 0 Å². The summed E-state index contributed by atoms with van der Waals surface area (Å²) in [6, 6.07) is 12.5. The summed E-state index contributed by atoms with van der Waals surface area (Å²) >= 11 is 0. The second kappa shape index (κ2) is 7.01. The van der Waals surface area contributed by atoms with Gasteiger partial charge in [0.05, 0.1) is 11.1 Å². The molecule has 0 fully saturated rings. The number of aromatic nitrogens is 1. The van der Waals surface area contributed by atoms with Crippen LogP contribution < -0.4 is 0 Å². The van der Waals surface area contributed by atoms with Crippen molar-refractivity contribution in [2.75, 3.05) is 0 Å². The molecule has 1 N–H and O–H groups in total. The number of carbonyl (C=O) groups excluding carboxylic acids is 4. The normalized spacial score (nSPS) is 15.3. The Bertz CT molecular complexity index is 1130. The third-order valence-corrected chi connectivity index (χ3v) is 5.07. The topological polar surface area (TPSA) is 96.5 Å². The van der Waals surface area contributed by atoms with Crippen LogP contribution in [0.5, 0.6) is 0 Å². The summed E-state index contributed by atoms with van der Waals surface area (Å²) in [6.45, 7) is 2.88. The predicted octanol–water partition coefficient (Wildman–Crippen LogP) is 2.97. The van der Waals surface area contributed by atoms with Crippen LogP contribution in [-0.2, 0) is 9.53 Å². The van der Waals surface area contributed by atoms with Crippen LogP contribution in [0.1, 0.15) is 44.9 Å². The molecule has 146 valence electrons.